The summed E-state index contributed by atoms with van der Waals surface area (Å²) in [5.74, 6) is -0.144. The van der Waals surface area contributed by atoms with E-state index in [4.69, 9.17) is 0 Å². The van der Waals surface area contributed by atoms with Crippen molar-refractivity contribution in [2.45, 2.75) is 6.92 Å². The maximum absolute atomic E-state index is 11.5. The lowest BCUT2D eigenvalue weighted by atomic mass is 10.1. The van der Waals surface area contributed by atoms with Crippen molar-refractivity contribution >= 4 is 5.97 Å². The number of nitrogens with one attached hydrogen (secondary N) is 1. The largest absolute Gasteiger partial charge is 0.508 e. The number of carbonyl (C=O) groups excluding carboxylic acids is 1. The van der Waals surface area contributed by atoms with E-state index in [1.807, 2.05) is 6.92 Å². The zero-order chi connectivity index (χ0) is 12.4. The first-order valence-electron chi connectivity index (χ1n) is 5.19. The SMILES string of the molecule is COC(=O)c1cc(-c2ccc(O)cc2)[nH]c1C. The fraction of sp³-hybridized carbons (Fsp3) is 0.154. The van der Waals surface area contributed by atoms with Crippen LogP contribution in [0.2, 0.25) is 0 Å². The second kappa shape index (κ2) is 4.33. The number of phenols is 1. The van der Waals surface area contributed by atoms with Gasteiger partial charge in [-0.1, -0.05) is 0 Å². The van der Waals surface area contributed by atoms with Gasteiger partial charge in [0, 0.05) is 11.4 Å². The van der Waals surface area contributed by atoms with Gasteiger partial charge in [-0.15, -0.1) is 0 Å². The molecule has 0 atom stereocenters. The number of aromatic amines is 1. The van der Waals surface area contributed by atoms with Crippen LogP contribution in [-0.2, 0) is 4.74 Å². The van der Waals surface area contributed by atoms with E-state index in [2.05, 4.69) is 9.72 Å². The summed E-state index contributed by atoms with van der Waals surface area (Å²) in [6.45, 7) is 1.82. The maximum atomic E-state index is 11.5. The molecule has 0 aliphatic heterocycles. The Morgan fingerprint density at radius 2 is 1.94 bits per heavy atom. The first kappa shape index (κ1) is 11.3. The number of hydrogen-bond acceptors (Lipinski definition) is 3. The first-order chi connectivity index (χ1) is 8.11. The highest BCUT2D eigenvalue weighted by atomic mass is 16.5. The lowest BCUT2D eigenvalue weighted by Gasteiger charge is -1.97. The predicted molar refractivity (Wildman–Crippen MR) is 64.0 cm³/mol. The molecular formula is C13H13NO3. The van der Waals surface area contributed by atoms with E-state index in [-0.39, 0.29) is 11.7 Å². The van der Waals surface area contributed by atoms with E-state index >= 15 is 0 Å². The number of ether oxygens (including phenoxy) is 1. The number of hydrogen-bond donors (Lipinski definition) is 2. The molecule has 17 heavy (non-hydrogen) atoms. The number of aromatic hydroxyl groups is 1. The summed E-state index contributed by atoms with van der Waals surface area (Å²) in [6, 6.07) is 8.50. The highest BCUT2D eigenvalue weighted by Gasteiger charge is 2.13. The third-order valence-electron chi connectivity index (χ3n) is 2.60. The molecule has 1 aromatic heterocycles. The topological polar surface area (TPSA) is 62.3 Å². The van der Waals surface area contributed by atoms with Crippen molar-refractivity contribution in [3.63, 3.8) is 0 Å². The monoisotopic (exact) mass is 231 g/mol. The summed E-state index contributed by atoms with van der Waals surface area (Å²) in [5, 5.41) is 9.21. The first-order valence-corrected chi connectivity index (χ1v) is 5.19. The molecule has 4 nitrogen and oxygen atoms in total. The van der Waals surface area contributed by atoms with E-state index in [1.54, 1.807) is 30.3 Å². The summed E-state index contributed by atoms with van der Waals surface area (Å²) >= 11 is 0. The van der Waals surface area contributed by atoms with Gasteiger partial charge < -0.3 is 14.8 Å². The lowest BCUT2D eigenvalue weighted by molar-refractivity contribution is 0.0600. The van der Waals surface area contributed by atoms with Gasteiger partial charge in [0.05, 0.1) is 12.7 Å². The molecule has 0 fully saturated rings. The van der Waals surface area contributed by atoms with Crippen molar-refractivity contribution in [2.24, 2.45) is 0 Å². The van der Waals surface area contributed by atoms with Gasteiger partial charge >= 0.3 is 5.97 Å². The van der Waals surface area contributed by atoms with Crippen molar-refractivity contribution in [1.29, 1.82) is 0 Å². The summed E-state index contributed by atoms with van der Waals surface area (Å²) in [7, 11) is 1.36. The summed E-state index contributed by atoms with van der Waals surface area (Å²) < 4.78 is 4.69. The van der Waals surface area contributed by atoms with E-state index in [9.17, 15) is 9.90 Å². The Hall–Kier alpha value is -2.23. The zero-order valence-electron chi connectivity index (χ0n) is 9.65. The van der Waals surface area contributed by atoms with Crippen LogP contribution in [0.3, 0.4) is 0 Å². The molecule has 0 amide bonds. The Kier molecular flexibility index (Phi) is 2.87. The summed E-state index contributed by atoms with van der Waals surface area (Å²) in [4.78, 5) is 14.6. The molecule has 0 aliphatic carbocycles. The molecular weight excluding hydrogens is 218 g/mol. The Morgan fingerprint density at radius 1 is 1.29 bits per heavy atom. The van der Waals surface area contributed by atoms with E-state index in [0.29, 0.717) is 5.56 Å². The molecule has 1 heterocycles. The molecule has 88 valence electrons. The van der Waals surface area contributed by atoms with Crippen LogP contribution in [0, 0.1) is 6.92 Å². The van der Waals surface area contributed by atoms with Crippen LogP contribution in [-0.4, -0.2) is 23.2 Å². The Balaban J connectivity index is 2.41. The number of benzene rings is 1. The normalized spacial score (nSPS) is 10.2. The van der Waals surface area contributed by atoms with E-state index < -0.39 is 0 Å². The molecule has 2 rings (SSSR count). The smallest absolute Gasteiger partial charge is 0.339 e. The number of H-pyrrole nitrogens is 1. The average Bonchev–Trinajstić information content (AvgIpc) is 2.71. The number of esters is 1. The zero-order valence-corrected chi connectivity index (χ0v) is 9.65. The molecule has 2 N–H and O–H groups in total. The molecule has 0 saturated heterocycles. The molecule has 0 saturated carbocycles. The summed E-state index contributed by atoms with van der Waals surface area (Å²) in [6.07, 6.45) is 0. The number of phenolic OH excluding ortho intramolecular Hbond substituents is 1. The number of methoxy groups -OCH3 is 1. The summed E-state index contributed by atoms with van der Waals surface area (Å²) in [5.41, 5.74) is 3.01. The Morgan fingerprint density at radius 3 is 2.53 bits per heavy atom. The number of rotatable bonds is 2. The molecule has 0 radical (unpaired) electrons. The van der Waals surface area contributed by atoms with Crippen molar-refractivity contribution in [1.82, 2.24) is 4.98 Å². The van der Waals surface area contributed by atoms with Crippen LogP contribution in [0.5, 0.6) is 5.75 Å². The van der Waals surface area contributed by atoms with Crippen molar-refractivity contribution < 1.29 is 14.6 Å². The predicted octanol–water partition coefficient (Wildman–Crippen LogP) is 2.48. The van der Waals surface area contributed by atoms with Gasteiger partial charge in [0.25, 0.3) is 0 Å². The van der Waals surface area contributed by atoms with Gasteiger partial charge in [-0.25, -0.2) is 4.79 Å². The van der Waals surface area contributed by atoms with Crippen LogP contribution in [0.1, 0.15) is 16.1 Å². The van der Waals surface area contributed by atoms with Crippen molar-refractivity contribution in [3.05, 3.63) is 41.6 Å². The highest BCUT2D eigenvalue weighted by Crippen LogP contribution is 2.23. The maximum Gasteiger partial charge on any atom is 0.339 e. The molecule has 0 bridgehead atoms. The van der Waals surface area contributed by atoms with Gasteiger partial charge in [0.2, 0.25) is 0 Å². The highest BCUT2D eigenvalue weighted by molar-refractivity contribution is 5.92. The Labute approximate surface area is 98.9 Å². The van der Waals surface area contributed by atoms with Crippen LogP contribution >= 0.6 is 0 Å². The van der Waals surface area contributed by atoms with Crippen LogP contribution in [0.25, 0.3) is 11.3 Å². The van der Waals surface area contributed by atoms with Gasteiger partial charge in [-0.05, 0) is 42.8 Å². The number of aromatic nitrogens is 1. The fourth-order valence-electron chi connectivity index (χ4n) is 1.68. The van der Waals surface area contributed by atoms with Gasteiger partial charge in [-0.3, -0.25) is 0 Å². The standard InChI is InChI=1S/C13H13NO3/c1-8-11(13(16)17-2)7-12(14-8)9-3-5-10(15)6-4-9/h3-7,14-15H,1-2H3. The quantitative estimate of drug-likeness (QED) is 0.780. The molecule has 1 aromatic carbocycles. The lowest BCUT2D eigenvalue weighted by Crippen LogP contribution is -2.00. The van der Waals surface area contributed by atoms with Gasteiger partial charge in [-0.2, -0.15) is 0 Å². The second-order valence-electron chi connectivity index (χ2n) is 3.76. The van der Waals surface area contributed by atoms with E-state index in [0.717, 1.165) is 17.0 Å². The minimum absolute atomic E-state index is 0.213. The molecule has 4 heteroatoms. The average molecular weight is 231 g/mol. The molecule has 0 spiro atoms. The third kappa shape index (κ3) is 2.15. The molecule has 0 unspecified atom stereocenters. The minimum Gasteiger partial charge on any atom is -0.508 e. The van der Waals surface area contributed by atoms with Crippen molar-refractivity contribution in [3.8, 4) is 17.0 Å². The molecule has 2 aromatic rings. The number of aryl methyl sites for hydroxylation is 1. The fourth-order valence-corrected chi connectivity index (χ4v) is 1.68. The van der Waals surface area contributed by atoms with Crippen molar-refractivity contribution in [2.75, 3.05) is 7.11 Å². The van der Waals surface area contributed by atoms with Gasteiger partial charge in [0.15, 0.2) is 0 Å². The van der Waals surface area contributed by atoms with Crippen LogP contribution in [0.15, 0.2) is 30.3 Å². The second-order valence-corrected chi connectivity index (χ2v) is 3.76. The van der Waals surface area contributed by atoms with Crippen LogP contribution < -0.4 is 0 Å². The third-order valence-corrected chi connectivity index (χ3v) is 2.60. The number of carbonyl (C=O) groups is 1. The molecule has 0 aliphatic rings. The minimum atomic E-state index is -0.358. The van der Waals surface area contributed by atoms with Gasteiger partial charge in [0.1, 0.15) is 5.75 Å². The Bertz CT molecular complexity index is 540. The van der Waals surface area contributed by atoms with Crippen LogP contribution in [0.4, 0.5) is 0 Å². The van der Waals surface area contributed by atoms with E-state index in [1.165, 1.54) is 7.11 Å².